The highest BCUT2D eigenvalue weighted by Crippen LogP contribution is 2.42. The van der Waals surface area contributed by atoms with Crippen LogP contribution in [0, 0.1) is 11.8 Å². The van der Waals surface area contributed by atoms with Crippen LogP contribution in [-0.2, 0) is 11.2 Å². The Morgan fingerprint density at radius 3 is 3.00 bits per heavy atom. The second kappa shape index (κ2) is 5.79. The van der Waals surface area contributed by atoms with Gasteiger partial charge in [-0.1, -0.05) is 6.42 Å². The second-order valence-corrected chi connectivity index (χ2v) is 5.85. The van der Waals surface area contributed by atoms with Gasteiger partial charge in [0.15, 0.2) is 0 Å². The molecule has 6 nitrogen and oxygen atoms in total. The Balaban J connectivity index is 1.57. The molecule has 0 spiro atoms. The zero-order chi connectivity index (χ0) is 14.8. The summed E-state index contributed by atoms with van der Waals surface area (Å²) in [4.78, 5) is 25.2. The van der Waals surface area contributed by atoms with Crippen LogP contribution in [-0.4, -0.2) is 41.1 Å². The van der Waals surface area contributed by atoms with Crippen molar-refractivity contribution >= 4 is 12.0 Å². The average molecular weight is 292 g/mol. The minimum absolute atomic E-state index is 0.123. The molecule has 0 bridgehead atoms. The van der Waals surface area contributed by atoms with Gasteiger partial charge in [-0.2, -0.15) is 0 Å². The van der Waals surface area contributed by atoms with E-state index in [4.69, 9.17) is 4.42 Å². The first-order chi connectivity index (χ1) is 10.2. The maximum absolute atomic E-state index is 12.2. The van der Waals surface area contributed by atoms with Crippen LogP contribution in [0.4, 0.5) is 4.79 Å². The number of hydrogen-bond acceptors (Lipinski definition) is 3. The molecule has 1 aromatic heterocycles. The lowest BCUT2D eigenvalue weighted by Gasteiger charge is -2.24. The third-order valence-corrected chi connectivity index (χ3v) is 4.63. The molecule has 1 saturated heterocycles. The van der Waals surface area contributed by atoms with E-state index < -0.39 is 12.0 Å². The predicted molar refractivity (Wildman–Crippen MR) is 74.8 cm³/mol. The summed E-state index contributed by atoms with van der Waals surface area (Å²) >= 11 is 0. The van der Waals surface area contributed by atoms with E-state index in [0.717, 1.165) is 25.0 Å². The Morgan fingerprint density at radius 2 is 2.29 bits per heavy atom. The van der Waals surface area contributed by atoms with Crippen molar-refractivity contribution in [2.24, 2.45) is 11.8 Å². The number of rotatable bonds is 4. The molecule has 0 radical (unpaired) electrons. The monoisotopic (exact) mass is 292 g/mol. The number of urea groups is 1. The van der Waals surface area contributed by atoms with E-state index in [1.807, 2.05) is 6.07 Å². The molecule has 2 aliphatic rings. The molecule has 2 N–H and O–H groups in total. The van der Waals surface area contributed by atoms with E-state index in [9.17, 15) is 14.7 Å². The van der Waals surface area contributed by atoms with Gasteiger partial charge in [0.2, 0.25) is 0 Å². The molecule has 6 heteroatoms. The second-order valence-electron chi connectivity index (χ2n) is 5.85. The van der Waals surface area contributed by atoms with Crippen LogP contribution in [0.1, 0.15) is 25.0 Å². The fourth-order valence-corrected chi connectivity index (χ4v) is 3.68. The number of fused-ring (bicyclic) bond motifs is 1. The minimum atomic E-state index is -0.884. The smallest absolute Gasteiger partial charge is 0.326 e. The van der Waals surface area contributed by atoms with Gasteiger partial charge in [0.05, 0.1) is 6.26 Å². The molecule has 0 aromatic carbocycles. The highest BCUT2D eigenvalue weighted by molar-refractivity contribution is 5.83. The van der Waals surface area contributed by atoms with E-state index >= 15 is 0 Å². The van der Waals surface area contributed by atoms with Gasteiger partial charge in [-0.15, -0.1) is 0 Å². The summed E-state index contributed by atoms with van der Waals surface area (Å²) in [7, 11) is 0. The van der Waals surface area contributed by atoms with Gasteiger partial charge in [0.1, 0.15) is 11.8 Å². The van der Waals surface area contributed by atoms with Crippen molar-refractivity contribution in [3.05, 3.63) is 24.2 Å². The van der Waals surface area contributed by atoms with Crippen molar-refractivity contribution in [1.29, 1.82) is 0 Å². The van der Waals surface area contributed by atoms with Gasteiger partial charge in [-0.25, -0.2) is 9.59 Å². The van der Waals surface area contributed by atoms with Crippen molar-refractivity contribution in [2.45, 2.75) is 31.7 Å². The van der Waals surface area contributed by atoms with Crippen molar-refractivity contribution < 1.29 is 19.1 Å². The number of carboxylic acid groups (broad SMARTS) is 1. The number of carbonyl (C=O) groups excluding carboxylic acids is 1. The lowest BCUT2D eigenvalue weighted by atomic mass is 9.94. The van der Waals surface area contributed by atoms with E-state index in [-0.39, 0.29) is 11.9 Å². The van der Waals surface area contributed by atoms with Crippen LogP contribution >= 0.6 is 0 Å². The Kier molecular flexibility index (Phi) is 3.86. The third-order valence-electron chi connectivity index (χ3n) is 4.63. The zero-order valence-corrected chi connectivity index (χ0v) is 11.8. The first kappa shape index (κ1) is 14.0. The summed E-state index contributed by atoms with van der Waals surface area (Å²) in [6.45, 7) is 1.01. The molecule has 2 fully saturated rings. The van der Waals surface area contributed by atoms with Crippen LogP contribution in [0.25, 0.3) is 0 Å². The highest BCUT2D eigenvalue weighted by atomic mass is 16.4. The van der Waals surface area contributed by atoms with Gasteiger partial charge in [0, 0.05) is 19.5 Å². The molecule has 3 unspecified atom stereocenters. The quantitative estimate of drug-likeness (QED) is 0.885. The fraction of sp³-hybridized carbons (Fsp3) is 0.600. The van der Waals surface area contributed by atoms with Crippen LogP contribution in [0.2, 0.25) is 0 Å². The van der Waals surface area contributed by atoms with Crippen LogP contribution < -0.4 is 5.32 Å². The first-order valence-electron chi connectivity index (χ1n) is 7.46. The van der Waals surface area contributed by atoms with Crippen molar-refractivity contribution in [2.75, 3.05) is 13.1 Å². The van der Waals surface area contributed by atoms with Crippen LogP contribution in [0.15, 0.2) is 22.8 Å². The van der Waals surface area contributed by atoms with Gasteiger partial charge < -0.3 is 19.7 Å². The van der Waals surface area contributed by atoms with Gasteiger partial charge in [-0.3, -0.25) is 0 Å². The Bertz CT molecular complexity index is 514. The Morgan fingerprint density at radius 1 is 1.43 bits per heavy atom. The summed E-state index contributed by atoms with van der Waals surface area (Å²) in [5.41, 5.74) is 0. The van der Waals surface area contributed by atoms with Gasteiger partial charge in [-0.05, 0) is 36.8 Å². The maximum atomic E-state index is 12.2. The molecule has 2 heterocycles. The van der Waals surface area contributed by atoms with Gasteiger partial charge in [0.25, 0.3) is 0 Å². The van der Waals surface area contributed by atoms with E-state index in [1.54, 1.807) is 12.3 Å². The maximum Gasteiger partial charge on any atom is 0.326 e. The van der Waals surface area contributed by atoms with Crippen LogP contribution in [0.3, 0.4) is 0 Å². The molecule has 3 rings (SSSR count). The van der Waals surface area contributed by atoms with Crippen molar-refractivity contribution in [3.63, 3.8) is 0 Å². The summed E-state index contributed by atoms with van der Waals surface area (Å²) < 4.78 is 5.20. The van der Waals surface area contributed by atoms with E-state index in [0.29, 0.717) is 25.4 Å². The molecule has 1 aliphatic carbocycles. The summed E-state index contributed by atoms with van der Waals surface area (Å²) in [6, 6.07) is 2.72. The molecule has 1 saturated carbocycles. The topological polar surface area (TPSA) is 82.8 Å². The molecule has 21 heavy (non-hydrogen) atoms. The SMILES string of the molecule is O=C(O)C1C2CCCC2CN1C(=O)NCCc1ccco1. The van der Waals surface area contributed by atoms with Crippen molar-refractivity contribution in [3.8, 4) is 0 Å². The first-order valence-corrected chi connectivity index (χ1v) is 7.46. The van der Waals surface area contributed by atoms with Crippen molar-refractivity contribution in [1.82, 2.24) is 10.2 Å². The summed E-state index contributed by atoms with van der Waals surface area (Å²) in [5, 5.41) is 12.2. The van der Waals surface area contributed by atoms with Crippen LogP contribution in [0.5, 0.6) is 0 Å². The van der Waals surface area contributed by atoms with E-state index in [2.05, 4.69) is 5.32 Å². The average Bonchev–Trinajstić information content (AvgIpc) is 3.13. The number of furan rings is 1. The molecule has 1 aromatic rings. The Hall–Kier alpha value is -1.98. The molecule has 2 amide bonds. The number of hydrogen-bond donors (Lipinski definition) is 2. The molecular formula is C15H20N2O4. The lowest BCUT2D eigenvalue weighted by Crippen LogP contribution is -2.48. The number of nitrogens with one attached hydrogen (secondary N) is 1. The number of aliphatic carboxylic acids is 1. The third kappa shape index (κ3) is 2.75. The lowest BCUT2D eigenvalue weighted by molar-refractivity contribution is -0.142. The zero-order valence-electron chi connectivity index (χ0n) is 11.8. The molecular weight excluding hydrogens is 272 g/mol. The normalized spacial score (nSPS) is 27.6. The highest BCUT2D eigenvalue weighted by Gasteiger charge is 2.49. The molecule has 114 valence electrons. The number of nitrogens with zero attached hydrogens (tertiary/aromatic N) is 1. The number of amides is 2. The number of likely N-dealkylation sites (tertiary alicyclic amines) is 1. The molecule has 3 atom stereocenters. The number of carbonyl (C=O) groups is 2. The number of carboxylic acids is 1. The largest absolute Gasteiger partial charge is 0.480 e. The van der Waals surface area contributed by atoms with E-state index in [1.165, 1.54) is 4.90 Å². The minimum Gasteiger partial charge on any atom is -0.480 e. The standard InChI is InChI=1S/C15H20N2O4/c18-14(19)13-12-5-1-3-10(12)9-17(13)15(20)16-7-6-11-4-2-8-21-11/h2,4,8,10,12-13H,1,3,5-7,9H2,(H,16,20)(H,18,19). The fourth-order valence-electron chi connectivity index (χ4n) is 3.68. The predicted octanol–water partition coefficient (Wildman–Crippen LogP) is 1.72. The van der Waals surface area contributed by atoms with Gasteiger partial charge >= 0.3 is 12.0 Å². The summed E-state index contributed by atoms with van der Waals surface area (Å²) in [5.74, 6) is 0.397. The molecule has 1 aliphatic heterocycles. The Labute approximate surface area is 123 Å². The summed E-state index contributed by atoms with van der Waals surface area (Å²) in [6.07, 6.45) is 5.23.